The normalized spacial score (nSPS) is 20.4. The van der Waals surface area contributed by atoms with E-state index in [0.717, 1.165) is 37.9 Å². The highest BCUT2D eigenvalue weighted by molar-refractivity contribution is 7.90. The van der Waals surface area contributed by atoms with Crippen molar-refractivity contribution >= 4 is 27.2 Å². The van der Waals surface area contributed by atoms with Crippen molar-refractivity contribution in [2.45, 2.75) is 32.1 Å². The van der Waals surface area contributed by atoms with Gasteiger partial charge < -0.3 is 15.5 Å². The maximum atomic E-state index is 11.6. The topological polar surface area (TPSA) is 117 Å². The zero-order valence-electron chi connectivity index (χ0n) is 17.5. The van der Waals surface area contributed by atoms with Crippen LogP contribution in [0.1, 0.15) is 27.2 Å². The van der Waals surface area contributed by atoms with Crippen molar-refractivity contribution in [3.63, 3.8) is 0 Å². The van der Waals surface area contributed by atoms with Gasteiger partial charge in [0, 0.05) is 38.5 Å². The van der Waals surface area contributed by atoms with E-state index in [-0.39, 0.29) is 16.3 Å². The molecule has 0 bridgehead atoms. The van der Waals surface area contributed by atoms with Crippen LogP contribution in [0, 0.1) is 22.0 Å². The molecule has 1 aliphatic heterocycles. The van der Waals surface area contributed by atoms with Gasteiger partial charge in [0.15, 0.2) is 15.8 Å². The van der Waals surface area contributed by atoms with E-state index in [9.17, 15) is 18.5 Å². The fraction of sp³-hybridized carbons (Fsp3) is 0.632. The number of rotatable bonds is 7. The van der Waals surface area contributed by atoms with Crippen LogP contribution in [0.25, 0.3) is 0 Å². The summed E-state index contributed by atoms with van der Waals surface area (Å²) in [6, 6.07) is 3.88. The van der Waals surface area contributed by atoms with Crippen LogP contribution in [0.15, 0.2) is 28.1 Å². The number of nitrogens with one attached hydrogen (secondary N) is 2. The number of piperidine rings is 1. The Hall–Kier alpha value is -2.36. The van der Waals surface area contributed by atoms with Crippen LogP contribution < -0.4 is 10.6 Å². The van der Waals surface area contributed by atoms with Crippen molar-refractivity contribution in [3.05, 3.63) is 28.3 Å². The van der Waals surface area contributed by atoms with E-state index < -0.39 is 14.8 Å². The molecule has 0 radical (unpaired) electrons. The molecular weight excluding hydrogens is 394 g/mol. The van der Waals surface area contributed by atoms with Crippen LogP contribution in [0.2, 0.25) is 0 Å². The largest absolute Gasteiger partial charge is 0.378 e. The summed E-state index contributed by atoms with van der Waals surface area (Å²) < 4.78 is 23.3. The van der Waals surface area contributed by atoms with Gasteiger partial charge in [-0.25, -0.2) is 8.42 Å². The summed E-state index contributed by atoms with van der Waals surface area (Å²) in [6.45, 7) is 10.0. The number of benzene rings is 1. The summed E-state index contributed by atoms with van der Waals surface area (Å²) in [7, 11) is -3.51. The third-order valence-electron chi connectivity index (χ3n) is 4.79. The monoisotopic (exact) mass is 425 g/mol. The molecule has 1 heterocycles. The molecule has 29 heavy (non-hydrogen) atoms. The van der Waals surface area contributed by atoms with Crippen molar-refractivity contribution in [1.82, 2.24) is 10.2 Å². The molecule has 1 saturated heterocycles. The molecule has 2 atom stereocenters. The van der Waals surface area contributed by atoms with Crippen LogP contribution in [0.3, 0.4) is 0 Å². The Balaban J connectivity index is 2.06. The predicted octanol–water partition coefficient (Wildman–Crippen LogP) is 2.35. The fourth-order valence-electron chi connectivity index (χ4n) is 3.66. The van der Waals surface area contributed by atoms with Gasteiger partial charge in [-0.2, -0.15) is 0 Å². The molecule has 0 saturated carbocycles. The third kappa shape index (κ3) is 6.59. The highest BCUT2D eigenvalue weighted by Crippen LogP contribution is 2.27. The molecule has 10 heteroatoms. The number of likely N-dealkylation sites (tertiary alicyclic amines) is 1. The Bertz CT molecular complexity index is 846. The lowest BCUT2D eigenvalue weighted by Crippen LogP contribution is -2.48. The molecule has 0 aliphatic carbocycles. The second-order valence-corrected chi connectivity index (χ2v) is 9.74. The minimum absolute atomic E-state index is 0.0736. The van der Waals surface area contributed by atoms with E-state index in [1.165, 1.54) is 18.6 Å². The second kappa shape index (κ2) is 9.91. The maximum Gasteiger partial charge on any atom is 0.293 e. The molecule has 2 unspecified atom stereocenters. The average molecular weight is 426 g/mol. The van der Waals surface area contributed by atoms with Crippen LogP contribution in [0.4, 0.5) is 11.4 Å². The SMILES string of the molecule is CCNC(=NCCNc1ccc(S(C)(=O)=O)cc1[N+](=O)[O-])N1CC(C)CC(C)C1. The molecule has 1 aromatic rings. The molecule has 2 N–H and O–H groups in total. The second-order valence-electron chi connectivity index (χ2n) is 7.72. The number of hydrogen-bond acceptors (Lipinski definition) is 6. The minimum atomic E-state index is -3.51. The Morgan fingerprint density at radius 1 is 1.31 bits per heavy atom. The van der Waals surface area contributed by atoms with Crippen molar-refractivity contribution in [2.24, 2.45) is 16.8 Å². The minimum Gasteiger partial charge on any atom is -0.378 e. The molecule has 0 spiro atoms. The summed E-state index contributed by atoms with van der Waals surface area (Å²) in [6.07, 6.45) is 2.24. The highest BCUT2D eigenvalue weighted by atomic mass is 32.2. The first-order valence-corrected chi connectivity index (χ1v) is 11.8. The Morgan fingerprint density at radius 3 is 2.52 bits per heavy atom. The predicted molar refractivity (Wildman–Crippen MR) is 115 cm³/mol. The fourth-order valence-corrected chi connectivity index (χ4v) is 4.30. The van der Waals surface area contributed by atoms with Crippen molar-refractivity contribution in [1.29, 1.82) is 0 Å². The number of hydrogen-bond donors (Lipinski definition) is 2. The molecule has 1 aliphatic rings. The zero-order chi connectivity index (χ0) is 21.6. The highest BCUT2D eigenvalue weighted by Gasteiger charge is 2.24. The van der Waals surface area contributed by atoms with Gasteiger partial charge in [-0.1, -0.05) is 13.8 Å². The number of sulfone groups is 1. The van der Waals surface area contributed by atoms with Crippen molar-refractivity contribution < 1.29 is 13.3 Å². The molecule has 0 amide bonds. The van der Waals surface area contributed by atoms with Gasteiger partial charge in [0.25, 0.3) is 5.69 Å². The molecule has 162 valence electrons. The standard InChI is InChI=1S/C19H31N5O4S/c1-5-20-19(23-12-14(2)10-15(3)13-23)22-9-8-21-17-7-6-16(29(4,27)28)11-18(17)24(25)26/h6-7,11,14-15,21H,5,8-10,12-13H2,1-4H3,(H,20,22). The smallest absolute Gasteiger partial charge is 0.293 e. The van der Waals surface area contributed by atoms with Gasteiger partial charge in [-0.15, -0.1) is 0 Å². The summed E-state index contributed by atoms with van der Waals surface area (Å²) >= 11 is 0. The van der Waals surface area contributed by atoms with Gasteiger partial charge in [-0.05, 0) is 37.3 Å². The summed E-state index contributed by atoms with van der Waals surface area (Å²) in [4.78, 5) is 17.6. The van der Waals surface area contributed by atoms with E-state index in [4.69, 9.17) is 0 Å². The first kappa shape index (κ1) is 22.9. The average Bonchev–Trinajstić information content (AvgIpc) is 2.62. The van der Waals surface area contributed by atoms with Gasteiger partial charge in [0.1, 0.15) is 5.69 Å². The molecule has 1 fully saturated rings. The van der Waals surface area contributed by atoms with E-state index in [1.54, 1.807) is 0 Å². The molecule has 0 aromatic heterocycles. The maximum absolute atomic E-state index is 11.6. The van der Waals surface area contributed by atoms with Crippen LogP contribution >= 0.6 is 0 Å². The van der Waals surface area contributed by atoms with Gasteiger partial charge in [-0.3, -0.25) is 15.1 Å². The lowest BCUT2D eigenvalue weighted by molar-refractivity contribution is -0.384. The van der Waals surface area contributed by atoms with Crippen molar-refractivity contribution in [3.8, 4) is 0 Å². The van der Waals surface area contributed by atoms with E-state index >= 15 is 0 Å². The van der Waals surface area contributed by atoms with Crippen molar-refractivity contribution in [2.75, 3.05) is 44.3 Å². The quantitative estimate of drug-likeness (QED) is 0.226. The number of anilines is 1. The van der Waals surface area contributed by atoms with E-state index in [1.807, 2.05) is 6.92 Å². The van der Waals surface area contributed by atoms with Crippen LogP contribution in [-0.4, -0.2) is 63.2 Å². The first-order chi connectivity index (χ1) is 13.6. The van der Waals surface area contributed by atoms with Crippen LogP contribution in [0.5, 0.6) is 0 Å². The van der Waals surface area contributed by atoms with Gasteiger partial charge in [0.2, 0.25) is 0 Å². The summed E-state index contributed by atoms with van der Waals surface area (Å²) in [5.74, 6) is 2.07. The lowest BCUT2D eigenvalue weighted by atomic mass is 9.92. The van der Waals surface area contributed by atoms with Gasteiger partial charge in [0.05, 0.1) is 16.4 Å². The molecular formula is C19H31N5O4S. The van der Waals surface area contributed by atoms with E-state index in [2.05, 4.69) is 34.4 Å². The lowest BCUT2D eigenvalue weighted by Gasteiger charge is -2.37. The summed E-state index contributed by atoms with van der Waals surface area (Å²) in [5.41, 5.74) is 0.0188. The number of aliphatic imine (C=N–C) groups is 1. The third-order valence-corrected chi connectivity index (χ3v) is 5.90. The molecule has 2 rings (SSSR count). The Kier molecular flexibility index (Phi) is 7.83. The Labute approximate surface area is 172 Å². The number of guanidine groups is 1. The van der Waals surface area contributed by atoms with E-state index in [0.29, 0.717) is 24.9 Å². The molecule has 9 nitrogen and oxygen atoms in total. The summed E-state index contributed by atoms with van der Waals surface area (Å²) in [5, 5.41) is 17.6. The first-order valence-electron chi connectivity index (χ1n) is 9.87. The molecule has 1 aromatic carbocycles. The Morgan fingerprint density at radius 2 is 1.97 bits per heavy atom. The number of nitro groups is 1. The van der Waals surface area contributed by atoms with Gasteiger partial charge >= 0.3 is 0 Å². The van der Waals surface area contributed by atoms with Crippen LogP contribution in [-0.2, 0) is 9.84 Å². The number of nitrogens with zero attached hydrogens (tertiary/aromatic N) is 3. The zero-order valence-corrected chi connectivity index (χ0v) is 18.3. The number of nitro benzene ring substituents is 1.